The topological polar surface area (TPSA) is 18.5 Å². The van der Waals surface area contributed by atoms with E-state index < -0.39 is 24.1 Å². The predicted octanol–water partition coefficient (Wildman–Crippen LogP) is 0.592. The molecule has 0 spiro atoms. The molecule has 43 valence electrons. The third kappa shape index (κ3) is 6.80. The van der Waals surface area contributed by atoms with Gasteiger partial charge in [0.2, 0.25) is 0 Å². The van der Waals surface area contributed by atoms with Crippen molar-refractivity contribution in [2.75, 3.05) is 7.11 Å². The van der Waals surface area contributed by atoms with Crippen LogP contribution in [0.2, 0.25) is 0 Å². The molecule has 7 heavy (non-hydrogen) atoms. The molecule has 0 rings (SSSR count). The molecular weight excluding hydrogens is 289 g/mol. The zero-order valence-electron chi connectivity index (χ0n) is 4.84. The monoisotopic (exact) mass is 299 g/mol. The summed E-state index contributed by atoms with van der Waals surface area (Å²) in [5.74, 6) is 0. The molecule has 0 aliphatic carbocycles. The summed E-state index contributed by atoms with van der Waals surface area (Å²) in [6.07, 6.45) is 0.358. The SMILES string of the molecule is C[O][Bi][O]C(C)C. The molecule has 0 saturated carbocycles. The van der Waals surface area contributed by atoms with E-state index in [2.05, 4.69) is 0 Å². The standard InChI is InChI=1S/C3H7O.CH3O.Bi/c1-3(2)4;1-2;/h3H,1-2H3;1H3;/q2*-1;+2. The fourth-order valence-corrected chi connectivity index (χ4v) is 1.13. The van der Waals surface area contributed by atoms with E-state index in [0.29, 0.717) is 6.10 Å². The summed E-state index contributed by atoms with van der Waals surface area (Å²) in [7, 11) is 1.69. The molecule has 0 fully saturated rings. The van der Waals surface area contributed by atoms with Crippen LogP contribution in [0.15, 0.2) is 0 Å². The summed E-state index contributed by atoms with van der Waals surface area (Å²) < 4.78 is 9.96. The van der Waals surface area contributed by atoms with E-state index in [1.807, 2.05) is 13.8 Å². The fourth-order valence-electron chi connectivity index (χ4n) is 0.129. The summed E-state index contributed by atoms with van der Waals surface area (Å²) in [5.41, 5.74) is 0. The molecule has 0 unspecified atom stereocenters. The number of hydrogen-bond donors (Lipinski definition) is 0. The first-order valence-electron chi connectivity index (χ1n) is 2.16. The van der Waals surface area contributed by atoms with Crippen LogP contribution in [0.1, 0.15) is 13.8 Å². The molecule has 0 aliphatic heterocycles. The van der Waals surface area contributed by atoms with Crippen LogP contribution in [0.3, 0.4) is 0 Å². The summed E-state index contributed by atoms with van der Waals surface area (Å²) >= 11 is -0.934. The van der Waals surface area contributed by atoms with Gasteiger partial charge in [-0.15, -0.1) is 0 Å². The minimum absolute atomic E-state index is 0.358. The van der Waals surface area contributed by atoms with Gasteiger partial charge in [0.05, 0.1) is 0 Å². The molecule has 0 atom stereocenters. The van der Waals surface area contributed by atoms with Crippen molar-refractivity contribution in [1.82, 2.24) is 0 Å². The summed E-state index contributed by atoms with van der Waals surface area (Å²) in [6.45, 7) is 4.03. The molecule has 0 aliphatic rings. The third-order valence-corrected chi connectivity index (χ3v) is 2.88. The van der Waals surface area contributed by atoms with Gasteiger partial charge in [-0.05, 0) is 0 Å². The van der Waals surface area contributed by atoms with Gasteiger partial charge < -0.3 is 0 Å². The van der Waals surface area contributed by atoms with Gasteiger partial charge in [-0.25, -0.2) is 0 Å². The fraction of sp³-hybridized carbons (Fsp3) is 1.00. The molecule has 0 aromatic carbocycles. The zero-order chi connectivity index (χ0) is 5.70. The van der Waals surface area contributed by atoms with E-state index in [0.717, 1.165) is 0 Å². The first-order valence-corrected chi connectivity index (χ1v) is 5.00. The van der Waals surface area contributed by atoms with Crippen LogP contribution in [0.5, 0.6) is 0 Å². The van der Waals surface area contributed by atoms with E-state index in [1.54, 1.807) is 7.11 Å². The van der Waals surface area contributed by atoms with E-state index in [-0.39, 0.29) is 0 Å². The molecular formula is C4H10BiO2. The van der Waals surface area contributed by atoms with E-state index in [4.69, 9.17) is 5.63 Å². The maximum atomic E-state index is 5.15. The first kappa shape index (κ1) is 7.80. The second-order valence-electron chi connectivity index (χ2n) is 1.41. The van der Waals surface area contributed by atoms with Crippen molar-refractivity contribution in [1.29, 1.82) is 0 Å². The molecule has 0 aromatic rings. The van der Waals surface area contributed by atoms with Gasteiger partial charge in [-0.2, -0.15) is 0 Å². The van der Waals surface area contributed by atoms with Crippen molar-refractivity contribution in [3.63, 3.8) is 0 Å². The van der Waals surface area contributed by atoms with Crippen LogP contribution in [0.25, 0.3) is 0 Å². The Morgan fingerprint density at radius 3 is 2.14 bits per heavy atom. The number of hydrogen-bond acceptors (Lipinski definition) is 2. The van der Waals surface area contributed by atoms with Gasteiger partial charge in [-0.1, -0.05) is 0 Å². The molecule has 0 aromatic heterocycles. The molecule has 3 heteroatoms. The van der Waals surface area contributed by atoms with Crippen molar-refractivity contribution < 1.29 is 5.63 Å². The Balaban J connectivity index is 2.68. The van der Waals surface area contributed by atoms with Crippen LogP contribution in [-0.4, -0.2) is 37.3 Å². The Labute approximate surface area is 57.0 Å². The average Bonchev–Trinajstić information content (AvgIpc) is 1.61. The Bertz CT molecular complexity index is 38.7. The van der Waals surface area contributed by atoms with Gasteiger partial charge >= 0.3 is 56.8 Å². The molecule has 0 bridgehead atoms. The molecule has 0 heterocycles. The van der Waals surface area contributed by atoms with Crippen LogP contribution in [0.4, 0.5) is 0 Å². The number of rotatable bonds is 3. The summed E-state index contributed by atoms with van der Waals surface area (Å²) in [5, 5.41) is 0. The van der Waals surface area contributed by atoms with Gasteiger partial charge in [0.25, 0.3) is 0 Å². The molecule has 0 amide bonds. The quantitative estimate of drug-likeness (QED) is 0.710. The van der Waals surface area contributed by atoms with Crippen LogP contribution < -0.4 is 0 Å². The maximum absolute atomic E-state index is 5.15. The van der Waals surface area contributed by atoms with Crippen LogP contribution in [-0.2, 0) is 5.63 Å². The molecule has 0 N–H and O–H groups in total. The van der Waals surface area contributed by atoms with Crippen molar-refractivity contribution >= 4 is 24.1 Å². The molecule has 2 nitrogen and oxygen atoms in total. The Kier molecular flexibility index (Phi) is 5.52. The Morgan fingerprint density at radius 1 is 1.43 bits per heavy atom. The minimum atomic E-state index is -0.934. The predicted molar refractivity (Wildman–Crippen MR) is 29.0 cm³/mol. The third-order valence-electron chi connectivity index (χ3n) is 0.328. The van der Waals surface area contributed by atoms with Gasteiger partial charge in [0.1, 0.15) is 0 Å². The summed E-state index contributed by atoms with van der Waals surface area (Å²) in [6, 6.07) is 0. The Hall–Kier alpha value is 0.803. The van der Waals surface area contributed by atoms with Gasteiger partial charge in [0, 0.05) is 0 Å². The van der Waals surface area contributed by atoms with Crippen molar-refractivity contribution in [3.8, 4) is 0 Å². The summed E-state index contributed by atoms with van der Waals surface area (Å²) in [4.78, 5) is 0. The van der Waals surface area contributed by atoms with Crippen LogP contribution in [0, 0.1) is 0 Å². The Morgan fingerprint density at radius 2 is 2.00 bits per heavy atom. The van der Waals surface area contributed by atoms with E-state index in [9.17, 15) is 0 Å². The first-order chi connectivity index (χ1) is 3.27. The van der Waals surface area contributed by atoms with Crippen molar-refractivity contribution in [2.45, 2.75) is 20.0 Å². The van der Waals surface area contributed by atoms with E-state index >= 15 is 0 Å². The van der Waals surface area contributed by atoms with Gasteiger partial charge in [0.15, 0.2) is 0 Å². The molecule has 1 radical (unpaired) electrons. The second-order valence-corrected chi connectivity index (χ2v) is 4.23. The second kappa shape index (κ2) is 4.95. The average molecular weight is 299 g/mol. The normalized spacial score (nSPS) is 10.3. The zero-order valence-corrected chi connectivity index (χ0v) is 8.32. The van der Waals surface area contributed by atoms with Gasteiger partial charge in [-0.3, -0.25) is 0 Å². The molecule has 0 saturated heterocycles. The van der Waals surface area contributed by atoms with E-state index in [1.165, 1.54) is 0 Å². The van der Waals surface area contributed by atoms with Crippen LogP contribution >= 0.6 is 0 Å². The van der Waals surface area contributed by atoms with Crippen molar-refractivity contribution in [3.05, 3.63) is 0 Å². The van der Waals surface area contributed by atoms with Crippen molar-refractivity contribution in [2.24, 2.45) is 0 Å².